The predicted molar refractivity (Wildman–Crippen MR) is 294 cm³/mol. The first-order valence-electron chi connectivity index (χ1n) is 32.2. The molecule has 0 aromatic rings. The molecule has 14 heteroatoms. The molecule has 0 aromatic carbocycles. The zero-order chi connectivity index (χ0) is 54.8. The number of hydrogen-bond donors (Lipinski definition) is 0. The van der Waals surface area contributed by atoms with Crippen LogP contribution in [0, 0.1) is 82.9 Å². The molecule has 0 spiro atoms. The number of amides is 8. The van der Waals surface area contributed by atoms with Crippen molar-refractivity contribution >= 4 is 47.3 Å². The number of imide groups is 4. The molecule has 0 aromatic heterocycles. The van der Waals surface area contributed by atoms with Gasteiger partial charge in [0.15, 0.2) is 0 Å². The number of nitrogens with zero attached hydrogens (tertiary/aromatic N) is 4. The first-order chi connectivity index (χ1) is 38.1. The topological polar surface area (TPSA) is 168 Å². The number of hydrogen-bond acceptors (Lipinski definition) is 10. The van der Waals surface area contributed by atoms with Gasteiger partial charge in [-0.15, -0.1) is 0 Å². The molecule has 10 fully saturated rings. The maximum Gasteiger partial charge on any atom is 0.237 e. The Hall–Kier alpha value is -4.04. The van der Waals surface area contributed by atoms with Crippen molar-refractivity contribution in [1.82, 2.24) is 19.6 Å². The van der Waals surface area contributed by atoms with Crippen molar-refractivity contribution in [3.63, 3.8) is 0 Å². The lowest BCUT2D eigenvalue weighted by atomic mass is 9.71. The minimum Gasteiger partial charge on any atom is -0.375 e. The van der Waals surface area contributed by atoms with E-state index in [1.807, 2.05) is 13.0 Å². The summed E-state index contributed by atoms with van der Waals surface area (Å²) in [5, 5.41) is 0. The molecule has 12 aliphatic rings. The van der Waals surface area contributed by atoms with E-state index >= 15 is 0 Å². The summed E-state index contributed by atoms with van der Waals surface area (Å²) in [5.74, 6) is -0.472. The Labute approximate surface area is 469 Å². The lowest BCUT2D eigenvalue weighted by Crippen LogP contribution is -2.44. The van der Waals surface area contributed by atoms with E-state index in [2.05, 4.69) is 13.0 Å². The van der Waals surface area contributed by atoms with Gasteiger partial charge in [-0.05, 0) is 215 Å². The molecule has 4 heterocycles. The highest BCUT2D eigenvalue weighted by atomic mass is 16.5. The summed E-state index contributed by atoms with van der Waals surface area (Å²) in [6, 6.07) is -0.195. The van der Waals surface area contributed by atoms with Gasteiger partial charge in [-0.25, -0.2) is 0 Å². The Balaban J connectivity index is 0.549. The van der Waals surface area contributed by atoms with E-state index in [1.54, 1.807) is 20.8 Å². The van der Waals surface area contributed by atoms with Gasteiger partial charge in [-0.1, -0.05) is 43.6 Å². The van der Waals surface area contributed by atoms with Crippen LogP contribution in [0.15, 0.2) is 23.8 Å². The van der Waals surface area contributed by atoms with Crippen LogP contribution in [0.4, 0.5) is 0 Å². The van der Waals surface area contributed by atoms with Crippen LogP contribution in [0.3, 0.4) is 0 Å². The smallest absolute Gasteiger partial charge is 0.237 e. The summed E-state index contributed by atoms with van der Waals surface area (Å²) in [6.45, 7) is 4.76. The zero-order valence-electron chi connectivity index (χ0n) is 47.9. The monoisotopic (exact) mass is 1090 g/mol. The first-order valence-corrected chi connectivity index (χ1v) is 32.2. The van der Waals surface area contributed by atoms with Crippen molar-refractivity contribution in [2.75, 3.05) is 13.6 Å². The van der Waals surface area contributed by atoms with Crippen LogP contribution in [0.25, 0.3) is 0 Å². The maximum atomic E-state index is 14.2. The maximum absolute atomic E-state index is 14.2. The molecule has 8 amide bonds. The van der Waals surface area contributed by atoms with E-state index in [-0.39, 0.29) is 96.0 Å². The Kier molecular flexibility index (Phi) is 16.4. The zero-order valence-corrected chi connectivity index (χ0v) is 47.9. The number of fused-ring (bicyclic) bond motifs is 2. The highest BCUT2D eigenvalue weighted by molar-refractivity contribution is 6.08. The second kappa shape index (κ2) is 23.3. The third-order valence-corrected chi connectivity index (χ3v) is 23.4. The molecule has 14 nitrogen and oxygen atoms in total. The van der Waals surface area contributed by atoms with Crippen LogP contribution in [-0.2, 0) is 47.8 Å². The SMILES string of the molecule is CC1=CC(C2CC(=O)N(C3CCC(OC4CCC(C5CCC(OC6CCC(C)CC6)CC5)CC4)CC3)C2=O)CC2C(=O)N(CC3CCC(CC4CCC(N5C(=O)CC(C6C=CC7C(=O)N(C)C(=O)C7C6)C5=O)CC4)CC3)C(=O)C12. The van der Waals surface area contributed by atoms with Crippen molar-refractivity contribution < 1.29 is 47.8 Å². The number of rotatable bonds is 13. The van der Waals surface area contributed by atoms with Gasteiger partial charge in [0.25, 0.3) is 0 Å². The Morgan fingerprint density at radius 2 is 0.911 bits per heavy atom. The summed E-state index contributed by atoms with van der Waals surface area (Å²) in [5.41, 5.74) is 0.860. The summed E-state index contributed by atoms with van der Waals surface area (Å²) in [4.78, 5) is 114. The number of carbonyl (C=O) groups excluding carboxylic acids is 8. The fourth-order valence-corrected chi connectivity index (χ4v) is 18.7. The van der Waals surface area contributed by atoms with Gasteiger partial charge in [0, 0.05) is 38.5 Å². The van der Waals surface area contributed by atoms with Crippen LogP contribution in [0.1, 0.15) is 200 Å². The summed E-state index contributed by atoms with van der Waals surface area (Å²) >= 11 is 0. The van der Waals surface area contributed by atoms with Gasteiger partial charge in [0.2, 0.25) is 47.3 Å². The summed E-state index contributed by atoms with van der Waals surface area (Å²) in [6.07, 6.45) is 35.4. The molecule has 8 aliphatic carbocycles. The molecule has 0 bridgehead atoms. The van der Waals surface area contributed by atoms with Crippen molar-refractivity contribution in [3.8, 4) is 0 Å². The number of likely N-dealkylation sites (tertiary alicyclic amines) is 4. The van der Waals surface area contributed by atoms with Gasteiger partial charge in [-0.3, -0.25) is 58.0 Å². The van der Waals surface area contributed by atoms with E-state index < -0.39 is 35.5 Å². The molecule has 432 valence electrons. The van der Waals surface area contributed by atoms with Gasteiger partial charge < -0.3 is 9.47 Å². The lowest BCUT2D eigenvalue weighted by Gasteiger charge is -2.40. The van der Waals surface area contributed by atoms with Crippen LogP contribution in [0.5, 0.6) is 0 Å². The third-order valence-electron chi connectivity index (χ3n) is 23.4. The second-order valence-corrected chi connectivity index (χ2v) is 28.1. The molecule has 4 saturated heterocycles. The fourth-order valence-electron chi connectivity index (χ4n) is 18.7. The summed E-state index contributed by atoms with van der Waals surface area (Å²) < 4.78 is 13.3. The lowest BCUT2D eigenvalue weighted by molar-refractivity contribution is -0.146. The molecule has 0 radical (unpaired) electrons. The van der Waals surface area contributed by atoms with Crippen molar-refractivity contribution in [2.45, 2.75) is 237 Å². The normalized spacial score (nSPS) is 43.3. The molecule has 79 heavy (non-hydrogen) atoms. The third kappa shape index (κ3) is 11.2. The highest BCUT2D eigenvalue weighted by Crippen LogP contribution is 2.49. The van der Waals surface area contributed by atoms with E-state index in [4.69, 9.17) is 9.47 Å². The predicted octanol–water partition coefficient (Wildman–Crippen LogP) is 9.91. The van der Waals surface area contributed by atoms with Crippen LogP contribution >= 0.6 is 0 Å². The minimum atomic E-state index is -0.494. The van der Waals surface area contributed by atoms with Crippen molar-refractivity contribution in [2.24, 2.45) is 82.9 Å². The fraction of sp³-hybridized carbons (Fsp3) is 0.815. The standard InChI is InChI=1S/C65H92N4O10/c1-37-4-21-48(22-5-37)78-49-23-12-42(13-24-49)43-14-25-50(26-15-43)79-51-27-19-47(20-28-51)69-58(71)35-54(64(69)76)45-30-38(2)59-56(33-45)62(74)67(65(59)77)36-41-8-6-39(7-9-41)31-40-10-17-46(18-11-40)68-57(70)34-53(63(68)75)44-16-29-52-55(32-44)61(73)66(3)60(52)72/h16,29-30,37,39-56,59H,4-15,17-28,31-36H2,1-3H3. The van der Waals surface area contributed by atoms with E-state index in [0.717, 1.165) is 120 Å². The number of allylic oxidation sites excluding steroid dienone is 2. The van der Waals surface area contributed by atoms with Gasteiger partial charge >= 0.3 is 0 Å². The molecule has 8 atom stereocenters. The van der Waals surface area contributed by atoms with Crippen molar-refractivity contribution in [1.29, 1.82) is 0 Å². The van der Waals surface area contributed by atoms with E-state index in [9.17, 15) is 38.4 Å². The Bertz CT molecular complexity index is 2410. The number of ether oxygens (including phenoxy) is 2. The summed E-state index contributed by atoms with van der Waals surface area (Å²) in [7, 11) is 1.52. The Morgan fingerprint density at radius 1 is 0.456 bits per heavy atom. The van der Waals surface area contributed by atoms with Gasteiger partial charge in [0.1, 0.15) is 0 Å². The molecule has 8 unspecified atom stereocenters. The van der Waals surface area contributed by atoms with Gasteiger partial charge in [0.05, 0.1) is 59.9 Å². The minimum absolute atomic E-state index is 0.0888. The number of carbonyl (C=O) groups is 8. The average molecular weight is 1090 g/mol. The molecule has 4 aliphatic heterocycles. The van der Waals surface area contributed by atoms with Gasteiger partial charge in [-0.2, -0.15) is 0 Å². The largest absolute Gasteiger partial charge is 0.375 e. The highest BCUT2D eigenvalue weighted by Gasteiger charge is 2.56. The second-order valence-electron chi connectivity index (χ2n) is 28.1. The van der Waals surface area contributed by atoms with E-state index in [1.165, 1.54) is 76.2 Å². The van der Waals surface area contributed by atoms with E-state index in [0.29, 0.717) is 49.5 Å². The molecule has 0 N–H and O–H groups in total. The Morgan fingerprint density at radius 3 is 1.46 bits per heavy atom. The quantitative estimate of drug-likeness (QED) is 0.128. The average Bonchev–Trinajstić information content (AvgIpc) is 4.18. The molecule has 12 rings (SSSR count). The molecular formula is C65H92N4O10. The van der Waals surface area contributed by atoms with Crippen molar-refractivity contribution in [3.05, 3.63) is 23.8 Å². The molecular weight excluding hydrogens is 997 g/mol. The van der Waals surface area contributed by atoms with Crippen LogP contribution in [-0.4, -0.2) is 117 Å². The van der Waals surface area contributed by atoms with Crippen LogP contribution < -0.4 is 0 Å². The first kappa shape index (κ1) is 55.5. The molecule has 6 saturated carbocycles. The van der Waals surface area contributed by atoms with Crippen LogP contribution in [0.2, 0.25) is 0 Å².